The number of hydrogen-bond acceptors (Lipinski definition) is 4. The summed E-state index contributed by atoms with van der Waals surface area (Å²) in [6, 6.07) is 8.75. The molecule has 0 aliphatic rings. The summed E-state index contributed by atoms with van der Waals surface area (Å²) < 4.78 is 10.4. The van der Waals surface area contributed by atoms with E-state index in [1.165, 1.54) is 0 Å². The molecule has 4 heteroatoms. The Balaban J connectivity index is 2.75. The van der Waals surface area contributed by atoms with Crippen LogP contribution in [-0.4, -0.2) is 24.6 Å². The summed E-state index contributed by atoms with van der Waals surface area (Å²) in [5.74, 6) is -0.775. The first-order valence-corrected chi connectivity index (χ1v) is 6.76. The van der Waals surface area contributed by atoms with E-state index in [9.17, 15) is 9.59 Å². The predicted molar refractivity (Wildman–Crippen MR) is 76.4 cm³/mol. The molecule has 0 aromatic heterocycles. The minimum Gasteiger partial charge on any atom is -0.466 e. The highest BCUT2D eigenvalue weighted by molar-refractivity contribution is 5.89. The van der Waals surface area contributed by atoms with Crippen molar-refractivity contribution in [2.24, 2.45) is 5.41 Å². The fourth-order valence-corrected chi connectivity index (χ4v) is 1.67. The topological polar surface area (TPSA) is 52.6 Å². The molecule has 0 radical (unpaired) electrons. The Morgan fingerprint density at radius 1 is 1.15 bits per heavy atom. The predicted octanol–water partition coefficient (Wildman–Crippen LogP) is 3.21. The molecule has 110 valence electrons. The first-order chi connectivity index (χ1) is 9.34. The van der Waals surface area contributed by atoms with Gasteiger partial charge in [-0.15, -0.1) is 0 Å². The van der Waals surface area contributed by atoms with E-state index in [4.69, 9.17) is 9.47 Å². The molecule has 0 spiro atoms. The van der Waals surface area contributed by atoms with E-state index in [2.05, 4.69) is 0 Å². The number of carbonyl (C=O) groups is 2. The Kier molecular flexibility index (Phi) is 5.74. The van der Waals surface area contributed by atoms with Gasteiger partial charge in [0.1, 0.15) is 6.10 Å². The van der Waals surface area contributed by atoms with Gasteiger partial charge in [-0.1, -0.05) is 39.0 Å². The first-order valence-electron chi connectivity index (χ1n) is 6.76. The van der Waals surface area contributed by atoms with Gasteiger partial charge in [-0.05, 0) is 24.5 Å². The minimum absolute atomic E-state index is 0.0654. The Morgan fingerprint density at radius 3 is 2.25 bits per heavy atom. The third kappa shape index (κ3) is 5.03. The van der Waals surface area contributed by atoms with Gasteiger partial charge in [-0.2, -0.15) is 0 Å². The number of esters is 2. The zero-order chi connectivity index (χ0) is 15.2. The smallest absolute Gasteiger partial charge is 0.338 e. The molecular weight excluding hydrogens is 256 g/mol. The average molecular weight is 278 g/mol. The van der Waals surface area contributed by atoms with Crippen LogP contribution in [0, 0.1) is 5.41 Å². The van der Waals surface area contributed by atoms with Gasteiger partial charge in [0.15, 0.2) is 0 Å². The third-order valence-corrected chi connectivity index (χ3v) is 2.88. The molecule has 1 aromatic rings. The van der Waals surface area contributed by atoms with Gasteiger partial charge in [0.25, 0.3) is 0 Å². The van der Waals surface area contributed by atoms with E-state index in [-0.39, 0.29) is 17.8 Å². The average Bonchev–Trinajstić information content (AvgIpc) is 2.38. The maximum absolute atomic E-state index is 12.1. The lowest BCUT2D eigenvalue weighted by molar-refractivity contribution is -0.147. The van der Waals surface area contributed by atoms with Crippen LogP contribution in [-0.2, 0) is 14.3 Å². The van der Waals surface area contributed by atoms with Crippen molar-refractivity contribution in [3.8, 4) is 0 Å². The first kappa shape index (κ1) is 16.2. The summed E-state index contributed by atoms with van der Waals surface area (Å²) in [7, 11) is 0. The molecule has 1 unspecified atom stereocenters. The summed E-state index contributed by atoms with van der Waals surface area (Å²) in [5.41, 5.74) is 0.141. The number of ether oxygens (including phenoxy) is 2. The monoisotopic (exact) mass is 278 g/mol. The lowest BCUT2D eigenvalue weighted by Crippen LogP contribution is -2.34. The van der Waals surface area contributed by atoms with Crippen molar-refractivity contribution < 1.29 is 19.1 Å². The third-order valence-electron chi connectivity index (χ3n) is 2.88. The quantitative estimate of drug-likeness (QED) is 0.776. The van der Waals surface area contributed by atoms with Crippen molar-refractivity contribution in [2.45, 2.75) is 40.2 Å². The van der Waals surface area contributed by atoms with E-state index in [1.807, 2.05) is 26.8 Å². The van der Waals surface area contributed by atoms with Crippen molar-refractivity contribution in [1.82, 2.24) is 0 Å². The molecule has 0 N–H and O–H groups in total. The van der Waals surface area contributed by atoms with Crippen molar-refractivity contribution in [2.75, 3.05) is 6.61 Å². The van der Waals surface area contributed by atoms with Gasteiger partial charge in [-0.3, -0.25) is 4.79 Å². The largest absolute Gasteiger partial charge is 0.466 e. The standard InChI is InChI=1S/C16H22O4/c1-5-19-14(17)11-13(16(2,3)4)20-15(18)12-9-7-6-8-10-12/h6-10,13H,5,11H2,1-4H3. The molecule has 0 aliphatic heterocycles. The second-order valence-corrected chi connectivity index (χ2v) is 5.64. The summed E-state index contributed by atoms with van der Waals surface area (Å²) in [4.78, 5) is 23.7. The van der Waals surface area contributed by atoms with Gasteiger partial charge in [0.2, 0.25) is 0 Å². The van der Waals surface area contributed by atoms with Crippen molar-refractivity contribution >= 4 is 11.9 Å². The van der Waals surface area contributed by atoms with Crippen molar-refractivity contribution in [3.63, 3.8) is 0 Å². The van der Waals surface area contributed by atoms with Crippen LogP contribution in [0.1, 0.15) is 44.5 Å². The zero-order valence-corrected chi connectivity index (χ0v) is 12.5. The van der Waals surface area contributed by atoms with E-state index in [1.54, 1.807) is 31.2 Å². The van der Waals surface area contributed by atoms with Crippen LogP contribution in [0.15, 0.2) is 30.3 Å². The number of carbonyl (C=O) groups excluding carboxylic acids is 2. The molecule has 0 aliphatic carbocycles. The number of hydrogen-bond donors (Lipinski definition) is 0. The Bertz CT molecular complexity index is 445. The molecule has 0 saturated carbocycles. The molecule has 1 atom stereocenters. The van der Waals surface area contributed by atoms with Crippen LogP contribution in [0.3, 0.4) is 0 Å². The highest BCUT2D eigenvalue weighted by atomic mass is 16.6. The van der Waals surface area contributed by atoms with E-state index >= 15 is 0 Å². The maximum Gasteiger partial charge on any atom is 0.338 e. The summed E-state index contributed by atoms with van der Waals surface area (Å²) in [6.45, 7) is 7.85. The van der Waals surface area contributed by atoms with Crippen LogP contribution in [0.4, 0.5) is 0 Å². The lowest BCUT2D eigenvalue weighted by Gasteiger charge is -2.29. The van der Waals surface area contributed by atoms with Gasteiger partial charge in [0.05, 0.1) is 18.6 Å². The van der Waals surface area contributed by atoms with Crippen LogP contribution in [0.25, 0.3) is 0 Å². The van der Waals surface area contributed by atoms with Crippen LogP contribution in [0.2, 0.25) is 0 Å². The summed E-state index contributed by atoms with van der Waals surface area (Å²) >= 11 is 0. The van der Waals surface area contributed by atoms with Crippen LogP contribution < -0.4 is 0 Å². The van der Waals surface area contributed by atoms with Crippen molar-refractivity contribution in [3.05, 3.63) is 35.9 Å². The summed E-state index contributed by atoms with van der Waals surface area (Å²) in [6.07, 6.45) is -0.454. The minimum atomic E-state index is -0.519. The number of rotatable bonds is 5. The molecule has 0 saturated heterocycles. The van der Waals surface area contributed by atoms with Gasteiger partial charge in [0, 0.05) is 0 Å². The fraction of sp³-hybridized carbons (Fsp3) is 0.500. The van der Waals surface area contributed by atoms with E-state index in [0.717, 1.165) is 0 Å². The molecule has 0 fully saturated rings. The second kappa shape index (κ2) is 7.08. The molecule has 1 aromatic carbocycles. The van der Waals surface area contributed by atoms with Gasteiger partial charge in [-0.25, -0.2) is 4.79 Å². The highest BCUT2D eigenvalue weighted by Gasteiger charge is 2.31. The zero-order valence-electron chi connectivity index (χ0n) is 12.5. The molecule has 0 heterocycles. The fourth-order valence-electron chi connectivity index (χ4n) is 1.67. The lowest BCUT2D eigenvalue weighted by atomic mass is 9.87. The van der Waals surface area contributed by atoms with Crippen LogP contribution >= 0.6 is 0 Å². The molecule has 0 amide bonds. The van der Waals surface area contributed by atoms with Crippen LogP contribution in [0.5, 0.6) is 0 Å². The van der Waals surface area contributed by atoms with E-state index in [0.29, 0.717) is 12.2 Å². The maximum atomic E-state index is 12.1. The highest BCUT2D eigenvalue weighted by Crippen LogP contribution is 2.26. The van der Waals surface area contributed by atoms with E-state index < -0.39 is 12.1 Å². The molecule has 20 heavy (non-hydrogen) atoms. The normalized spacial score (nSPS) is 12.6. The second-order valence-electron chi connectivity index (χ2n) is 5.64. The summed E-state index contributed by atoms with van der Waals surface area (Å²) in [5, 5.41) is 0. The van der Waals surface area contributed by atoms with Gasteiger partial charge >= 0.3 is 11.9 Å². The Labute approximate surface area is 120 Å². The number of benzene rings is 1. The molecule has 4 nitrogen and oxygen atoms in total. The molecule has 1 rings (SSSR count). The SMILES string of the molecule is CCOC(=O)CC(OC(=O)c1ccccc1)C(C)(C)C. The van der Waals surface area contributed by atoms with Gasteiger partial charge < -0.3 is 9.47 Å². The van der Waals surface area contributed by atoms with Crippen molar-refractivity contribution in [1.29, 1.82) is 0 Å². The molecule has 0 bridgehead atoms. The Morgan fingerprint density at radius 2 is 1.75 bits per heavy atom. The molecular formula is C16H22O4. The Hall–Kier alpha value is -1.84.